The molecule has 92 valence electrons. The Balaban J connectivity index is 2.18. The minimum absolute atomic E-state index is 0.0984. The first-order valence-corrected chi connectivity index (χ1v) is 5.88. The normalized spacial score (nSPS) is 22.5. The van der Waals surface area contributed by atoms with Crippen LogP contribution in [0, 0.1) is 0 Å². The maximum atomic E-state index is 8.84. The van der Waals surface area contributed by atoms with Gasteiger partial charge < -0.3 is 14.9 Å². The molecule has 0 unspecified atom stereocenters. The van der Waals surface area contributed by atoms with Crippen LogP contribution >= 0.6 is 0 Å². The molecule has 0 spiro atoms. The molecular weight excluding hydrogens is 214 g/mol. The van der Waals surface area contributed by atoms with E-state index in [0.29, 0.717) is 12.6 Å². The lowest BCUT2D eigenvalue weighted by Crippen LogP contribution is -2.29. The van der Waals surface area contributed by atoms with Crippen LogP contribution in [0.3, 0.4) is 0 Å². The van der Waals surface area contributed by atoms with Gasteiger partial charge in [-0.3, -0.25) is 4.99 Å². The smallest absolute Gasteiger partial charge is 0.196 e. The number of rotatable bonds is 3. The zero-order valence-electron chi connectivity index (χ0n) is 10.4. The third-order valence-corrected chi connectivity index (χ3v) is 3.11. The molecule has 1 saturated heterocycles. The van der Waals surface area contributed by atoms with Crippen molar-refractivity contribution in [1.29, 1.82) is 0 Å². The molecule has 1 aliphatic heterocycles. The first-order chi connectivity index (χ1) is 8.24. The predicted molar refractivity (Wildman–Crippen MR) is 69.0 cm³/mol. The van der Waals surface area contributed by atoms with Crippen LogP contribution in [0.25, 0.3) is 0 Å². The molecule has 0 amide bonds. The van der Waals surface area contributed by atoms with Crippen molar-refractivity contribution in [2.24, 2.45) is 4.99 Å². The van der Waals surface area contributed by atoms with Gasteiger partial charge in [-0.25, -0.2) is 0 Å². The molecular formula is C13H19N3O. The van der Waals surface area contributed by atoms with Gasteiger partial charge in [0.15, 0.2) is 5.96 Å². The fourth-order valence-electron chi connectivity index (χ4n) is 2.26. The lowest BCUT2D eigenvalue weighted by molar-refractivity contribution is 0.305. The van der Waals surface area contributed by atoms with E-state index in [4.69, 9.17) is 5.11 Å². The number of hydrogen-bond donors (Lipinski definition) is 1. The Bertz CT molecular complexity index is 391. The van der Waals surface area contributed by atoms with E-state index in [9.17, 15) is 0 Å². The summed E-state index contributed by atoms with van der Waals surface area (Å²) in [6, 6.07) is 10.8. The Hall–Kier alpha value is -1.55. The van der Waals surface area contributed by atoms with Gasteiger partial charge >= 0.3 is 0 Å². The summed E-state index contributed by atoms with van der Waals surface area (Å²) in [6.45, 7) is 1.50. The second kappa shape index (κ2) is 5.19. The van der Waals surface area contributed by atoms with Crippen LogP contribution in [0.4, 0.5) is 0 Å². The van der Waals surface area contributed by atoms with E-state index >= 15 is 0 Å². The van der Waals surface area contributed by atoms with Gasteiger partial charge in [0.25, 0.3) is 0 Å². The standard InChI is InChI=1S/C13H19N3O/c1-15-10-12(11-6-4-3-5-7-11)16(2)13(15)14-8-9-17/h3-7,12,17H,8-10H2,1-2H3/b14-13-/t12-/m1/s1. The Labute approximate surface area is 102 Å². The highest BCUT2D eigenvalue weighted by atomic mass is 16.3. The molecule has 0 radical (unpaired) electrons. The monoisotopic (exact) mass is 233 g/mol. The lowest BCUT2D eigenvalue weighted by atomic mass is 10.1. The third-order valence-electron chi connectivity index (χ3n) is 3.11. The average molecular weight is 233 g/mol. The summed E-state index contributed by atoms with van der Waals surface area (Å²) >= 11 is 0. The lowest BCUT2D eigenvalue weighted by Gasteiger charge is -2.20. The number of aliphatic imine (C=N–C) groups is 1. The number of guanidine groups is 1. The van der Waals surface area contributed by atoms with E-state index < -0.39 is 0 Å². The zero-order valence-corrected chi connectivity index (χ0v) is 10.4. The highest BCUT2D eigenvalue weighted by Gasteiger charge is 2.31. The highest BCUT2D eigenvalue weighted by Crippen LogP contribution is 2.26. The van der Waals surface area contributed by atoms with Gasteiger partial charge in [0.05, 0.1) is 19.2 Å². The first kappa shape index (κ1) is 11.9. The van der Waals surface area contributed by atoms with E-state index in [2.05, 4.69) is 46.1 Å². The molecule has 0 bridgehead atoms. The first-order valence-electron chi connectivity index (χ1n) is 5.88. The van der Waals surface area contributed by atoms with Crippen molar-refractivity contribution in [2.75, 3.05) is 33.8 Å². The minimum atomic E-state index is 0.0984. The molecule has 1 aromatic carbocycles. The molecule has 0 aromatic heterocycles. The molecule has 4 nitrogen and oxygen atoms in total. The molecule has 2 rings (SSSR count). The van der Waals surface area contributed by atoms with Crippen molar-refractivity contribution in [2.45, 2.75) is 6.04 Å². The van der Waals surface area contributed by atoms with Crippen molar-refractivity contribution in [3.8, 4) is 0 Å². The van der Waals surface area contributed by atoms with Crippen LogP contribution in [0.1, 0.15) is 11.6 Å². The van der Waals surface area contributed by atoms with Gasteiger partial charge in [0.1, 0.15) is 0 Å². The molecule has 1 fully saturated rings. The summed E-state index contributed by atoms with van der Waals surface area (Å²) in [5.41, 5.74) is 1.30. The number of likely N-dealkylation sites (N-methyl/N-ethyl adjacent to an activating group) is 2. The molecule has 4 heteroatoms. The Kier molecular flexibility index (Phi) is 3.64. The number of benzene rings is 1. The van der Waals surface area contributed by atoms with Crippen LogP contribution in [0.15, 0.2) is 35.3 Å². The zero-order chi connectivity index (χ0) is 12.3. The van der Waals surface area contributed by atoms with E-state index in [1.807, 2.05) is 13.1 Å². The molecule has 1 N–H and O–H groups in total. The summed E-state index contributed by atoms with van der Waals surface area (Å²) in [6.07, 6.45) is 0. The van der Waals surface area contributed by atoms with Gasteiger partial charge in [-0.05, 0) is 5.56 Å². The summed E-state index contributed by atoms with van der Waals surface area (Å²) in [7, 11) is 4.09. The maximum Gasteiger partial charge on any atom is 0.196 e. The van der Waals surface area contributed by atoms with Crippen LogP contribution in [-0.2, 0) is 0 Å². The predicted octanol–water partition coefficient (Wildman–Crippen LogP) is 0.953. The molecule has 0 aliphatic carbocycles. The SMILES string of the molecule is CN1C[C@H](c2ccccc2)N(C)/C1=N\CCO. The van der Waals surface area contributed by atoms with E-state index in [-0.39, 0.29) is 6.61 Å². The van der Waals surface area contributed by atoms with Crippen molar-refractivity contribution < 1.29 is 5.11 Å². The van der Waals surface area contributed by atoms with Crippen molar-refractivity contribution in [3.63, 3.8) is 0 Å². The van der Waals surface area contributed by atoms with Gasteiger partial charge in [-0.1, -0.05) is 30.3 Å². The molecule has 1 aromatic rings. The molecule has 1 aliphatic rings. The highest BCUT2D eigenvalue weighted by molar-refractivity contribution is 5.82. The van der Waals surface area contributed by atoms with Gasteiger partial charge in [0.2, 0.25) is 0 Å². The molecule has 0 saturated carbocycles. The van der Waals surface area contributed by atoms with E-state index in [1.54, 1.807) is 0 Å². The topological polar surface area (TPSA) is 39.1 Å². The summed E-state index contributed by atoms with van der Waals surface area (Å²) in [5.74, 6) is 0.952. The van der Waals surface area contributed by atoms with Crippen molar-refractivity contribution >= 4 is 5.96 Å². The van der Waals surface area contributed by atoms with Crippen LogP contribution in [0.2, 0.25) is 0 Å². The van der Waals surface area contributed by atoms with Crippen LogP contribution in [0.5, 0.6) is 0 Å². The summed E-state index contributed by atoms with van der Waals surface area (Å²) < 4.78 is 0. The second-order valence-corrected chi connectivity index (χ2v) is 4.32. The van der Waals surface area contributed by atoms with E-state index in [1.165, 1.54) is 5.56 Å². The summed E-state index contributed by atoms with van der Waals surface area (Å²) in [5, 5.41) is 8.84. The van der Waals surface area contributed by atoms with Crippen LogP contribution in [-0.4, -0.2) is 54.7 Å². The van der Waals surface area contributed by atoms with Gasteiger partial charge in [0, 0.05) is 20.6 Å². The maximum absolute atomic E-state index is 8.84. The number of aliphatic hydroxyl groups is 1. The van der Waals surface area contributed by atoms with Gasteiger partial charge in [-0.2, -0.15) is 0 Å². The van der Waals surface area contributed by atoms with Gasteiger partial charge in [-0.15, -0.1) is 0 Å². The number of hydrogen-bond acceptors (Lipinski definition) is 2. The summed E-state index contributed by atoms with van der Waals surface area (Å²) in [4.78, 5) is 8.70. The van der Waals surface area contributed by atoms with Crippen LogP contribution < -0.4 is 0 Å². The van der Waals surface area contributed by atoms with Crippen molar-refractivity contribution in [3.05, 3.63) is 35.9 Å². The Morgan fingerprint density at radius 2 is 2.00 bits per heavy atom. The fourth-order valence-corrected chi connectivity index (χ4v) is 2.26. The average Bonchev–Trinajstić information content (AvgIpc) is 2.64. The Morgan fingerprint density at radius 1 is 1.29 bits per heavy atom. The molecule has 1 heterocycles. The molecule has 17 heavy (non-hydrogen) atoms. The third kappa shape index (κ3) is 2.42. The number of aliphatic hydroxyl groups excluding tert-OH is 1. The number of nitrogens with zero attached hydrogens (tertiary/aromatic N) is 3. The molecule has 1 atom stereocenters. The minimum Gasteiger partial charge on any atom is -0.394 e. The van der Waals surface area contributed by atoms with E-state index in [0.717, 1.165) is 12.5 Å². The second-order valence-electron chi connectivity index (χ2n) is 4.32. The largest absolute Gasteiger partial charge is 0.394 e. The fraction of sp³-hybridized carbons (Fsp3) is 0.462. The Morgan fingerprint density at radius 3 is 2.65 bits per heavy atom. The quantitative estimate of drug-likeness (QED) is 0.845. The van der Waals surface area contributed by atoms with Crippen molar-refractivity contribution in [1.82, 2.24) is 9.80 Å².